The highest BCUT2D eigenvalue weighted by atomic mass is 79.9. The summed E-state index contributed by atoms with van der Waals surface area (Å²) in [5.41, 5.74) is 1.66. The third-order valence-corrected chi connectivity index (χ3v) is 9.50. The van der Waals surface area contributed by atoms with Crippen LogP contribution < -0.4 is 4.90 Å². The number of likely N-dealkylation sites (tertiary alicyclic amines) is 1. The van der Waals surface area contributed by atoms with Crippen molar-refractivity contribution in [1.29, 1.82) is 0 Å². The number of imide groups is 1. The van der Waals surface area contributed by atoms with Gasteiger partial charge in [0.25, 0.3) is 5.91 Å². The smallest absolute Gasteiger partial charge is 0.252 e. The molecule has 192 valence electrons. The summed E-state index contributed by atoms with van der Waals surface area (Å²) in [7, 11) is -4.04. The van der Waals surface area contributed by atoms with E-state index >= 15 is 0 Å². The van der Waals surface area contributed by atoms with Gasteiger partial charge >= 0.3 is 0 Å². The Morgan fingerprint density at radius 1 is 0.838 bits per heavy atom. The van der Waals surface area contributed by atoms with Crippen molar-refractivity contribution in [3.8, 4) is 0 Å². The monoisotopic (exact) mass is 581 g/mol. The summed E-state index contributed by atoms with van der Waals surface area (Å²) in [5.74, 6) is -0.887. The molecule has 0 saturated carbocycles. The number of anilines is 1. The lowest BCUT2D eigenvalue weighted by Crippen LogP contribution is -2.53. The fraction of sp³-hybridized carbons (Fsp3) is 0.286. The Bertz CT molecular complexity index is 1360. The van der Waals surface area contributed by atoms with Crippen LogP contribution in [0.2, 0.25) is 0 Å². The second-order valence-electron chi connectivity index (χ2n) is 9.40. The summed E-state index contributed by atoms with van der Waals surface area (Å²) in [6, 6.07) is 23.8. The zero-order valence-electron chi connectivity index (χ0n) is 20.2. The van der Waals surface area contributed by atoms with Crippen LogP contribution in [0.1, 0.15) is 24.8 Å². The van der Waals surface area contributed by atoms with Gasteiger partial charge in [-0.2, -0.15) is 4.31 Å². The van der Waals surface area contributed by atoms with Crippen LogP contribution in [0.3, 0.4) is 0 Å². The molecule has 0 aliphatic carbocycles. The second-order valence-corrected chi connectivity index (χ2v) is 12.2. The normalized spacial score (nSPS) is 19.6. The van der Waals surface area contributed by atoms with Gasteiger partial charge in [-0.05, 0) is 54.8 Å². The van der Waals surface area contributed by atoms with Crippen LogP contribution in [0.4, 0.5) is 5.69 Å². The van der Waals surface area contributed by atoms with Crippen LogP contribution in [0.15, 0.2) is 94.3 Å². The van der Waals surface area contributed by atoms with Crippen molar-refractivity contribution in [2.75, 3.05) is 18.0 Å². The minimum Gasteiger partial charge on any atom is -0.299 e. The number of halogens is 1. The summed E-state index contributed by atoms with van der Waals surface area (Å²) in [4.78, 5) is 30.2. The van der Waals surface area contributed by atoms with E-state index in [0.29, 0.717) is 31.6 Å². The molecule has 2 amide bonds. The lowest BCUT2D eigenvalue weighted by molar-refractivity contribution is -0.122. The van der Waals surface area contributed by atoms with E-state index in [9.17, 15) is 18.0 Å². The van der Waals surface area contributed by atoms with Gasteiger partial charge in [-0.1, -0.05) is 64.5 Å². The lowest BCUT2D eigenvalue weighted by atomic mass is 10.0. The molecule has 2 heterocycles. The number of piperidine rings is 1. The first kappa shape index (κ1) is 25.8. The third-order valence-electron chi connectivity index (χ3n) is 7.00. The molecule has 2 saturated heterocycles. The minimum atomic E-state index is -4.04. The van der Waals surface area contributed by atoms with Crippen molar-refractivity contribution in [2.45, 2.75) is 42.8 Å². The quantitative estimate of drug-likeness (QED) is 0.385. The van der Waals surface area contributed by atoms with Crippen LogP contribution in [0, 0.1) is 0 Å². The number of rotatable bonds is 7. The molecule has 7 nitrogen and oxygen atoms in total. The van der Waals surface area contributed by atoms with E-state index in [4.69, 9.17) is 0 Å². The van der Waals surface area contributed by atoms with Crippen LogP contribution in [0.25, 0.3) is 0 Å². The average molecular weight is 583 g/mol. The summed E-state index contributed by atoms with van der Waals surface area (Å²) >= 11 is 3.36. The van der Waals surface area contributed by atoms with Crippen molar-refractivity contribution < 1.29 is 18.0 Å². The Balaban J connectivity index is 1.43. The zero-order chi connectivity index (χ0) is 26.0. The van der Waals surface area contributed by atoms with Gasteiger partial charge in [-0.15, -0.1) is 0 Å². The highest BCUT2D eigenvalue weighted by Gasteiger charge is 2.49. The van der Waals surface area contributed by atoms with E-state index in [-0.39, 0.29) is 11.3 Å². The Kier molecular flexibility index (Phi) is 7.57. The van der Waals surface area contributed by atoms with Gasteiger partial charge in [-0.3, -0.25) is 14.5 Å². The largest absolute Gasteiger partial charge is 0.299 e. The summed E-state index contributed by atoms with van der Waals surface area (Å²) in [6.45, 7) is 2.18. The fourth-order valence-corrected chi connectivity index (χ4v) is 7.27. The molecule has 3 aromatic rings. The van der Waals surface area contributed by atoms with Crippen molar-refractivity contribution in [2.24, 2.45) is 0 Å². The van der Waals surface area contributed by atoms with Crippen LogP contribution in [-0.4, -0.2) is 54.6 Å². The molecule has 1 unspecified atom stereocenters. The van der Waals surface area contributed by atoms with E-state index in [1.807, 2.05) is 18.2 Å². The standard InChI is InChI=1S/C28H28BrN3O4S/c29-22-11-13-25(14-12-22)37(35,36)32(24-15-17-30(18-16-24)20-21-7-3-1-4-8-21)26-19-27(33)31(28(26)34)23-9-5-2-6-10-23/h1-14,24,26H,15-20H2. The SMILES string of the molecule is O=C1CC(N(C2CCN(Cc3ccccc3)CC2)S(=O)(=O)c2ccc(Br)cc2)C(=O)N1c1ccccc1. The van der Waals surface area contributed by atoms with Crippen LogP contribution >= 0.6 is 15.9 Å². The number of carbonyl (C=O) groups excluding carboxylic acids is 2. The van der Waals surface area contributed by atoms with Crippen molar-refractivity contribution in [1.82, 2.24) is 9.21 Å². The highest BCUT2D eigenvalue weighted by Crippen LogP contribution is 2.34. The molecule has 0 radical (unpaired) electrons. The molecule has 0 aromatic heterocycles. The minimum absolute atomic E-state index is 0.112. The Labute approximate surface area is 225 Å². The molecule has 9 heteroatoms. The molecule has 2 fully saturated rings. The molecule has 3 aromatic carbocycles. The number of nitrogens with zero attached hydrogens (tertiary/aromatic N) is 3. The molecule has 37 heavy (non-hydrogen) atoms. The molecule has 0 N–H and O–H groups in total. The number of hydrogen-bond donors (Lipinski definition) is 0. The van der Waals surface area contributed by atoms with Gasteiger partial charge in [0.2, 0.25) is 15.9 Å². The molecule has 5 rings (SSSR count). The van der Waals surface area contributed by atoms with Gasteiger partial charge in [0.15, 0.2) is 0 Å². The molecular weight excluding hydrogens is 554 g/mol. The molecule has 2 aliphatic rings. The molecule has 0 spiro atoms. The topological polar surface area (TPSA) is 78.0 Å². The second kappa shape index (κ2) is 10.9. The van der Waals surface area contributed by atoms with Gasteiger partial charge in [0.05, 0.1) is 17.0 Å². The fourth-order valence-electron chi connectivity index (χ4n) is 5.18. The molecule has 1 atom stereocenters. The lowest BCUT2D eigenvalue weighted by Gasteiger charge is -2.39. The maximum atomic E-state index is 14.0. The van der Waals surface area contributed by atoms with Gasteiger partial charge in [0, 0.05) is 30.1 Å². The van der Waals surface area contributed by atoms with Gasteiger partial charge in [0.1, 0.15) is 6.04 Å². The molecule has 0 bridgehead atoms. The summed E-state index contributed by atoms with van der Waals surface area (Å²) in [5, 5.41) is 0. The Morgan fingerprint density at radius 2 is 1.43 bits per heavy atom. The third kappa shape index (κ3) is 5.40. The maximum Gasteiger partial charge on any atom is 0.252 e. The Morgan fingerprint density at radius 3 is 2.05 bits per heavy atom. The van der Waals surface area contributed by atoms with Gasteiger partial charge in [-0.25, -0.2) is 13.3 Å². The summed E-state index contributed by atoms with van der Waals surface area (Å²) in [6.07, 6.45) is 0.978. The predicted octanol–water partition coefficient (Wildman–Crippen LogP) is 4.44. The van der Waals surface area contributed by atoms with E-state index in [1.165, 1.54) is 22.0 Å². The highest BCUT2D eigenvalue weighted by molar-refractivity contribution is 9.10. The zero-order valence-corrected chi connectivity index (χ0v) is 22.6. The first-order chi connectivity index (χ1) is 17.8. The predicted molar refractivity (Wildman–Crippen MR) is 145 cm³/mol. The van der Waals surface area contributed by atoms with Crippen molar-refractivity contribution in [3.05, 3.63) is 95.0 Å². The van der Waals surface area contributed by atoms with E-state index < -0.39 is 33.9 Å². The first-order valence-corrected chi connectivity index (χ1v) is 14.5. The van der Waals surface area contributed by atoms with Crippen LogP contribution in [0.5, 0.6) is 0 Å². The number of benzene rings is 3. The maximum absolute atomic E-state index is 14.0. The number of carbonyl (C=O) groups is 2. The van der Waals surface area contributed by atoms with E-state index in [1.54, 1.807) is 42.5 Å². The van der Waals surface area contributed by atoms with Crippen molar-refractivity contribution >= 4 is 43.5 Å². The van der Waals surface area contributed by atoms with E-state index in [2.05, 4.69) is 33.0 Å². The number of amides is 2. The number of para-hydroxylation sites is 1. The van der Waals surface area contributed by atoms with Crippen LogP contribution in [-0.2, 0) is 26.2 Å². The van der Waals surface area contributed by atoms with Crippen molar-refractivity contribution in [3.63, 3.8) is 0 Å². The van der Waals surface area contributed by atoms with Gasteiger partial charge < -0.3 is 0 Å². The number of sulfonamides is 1. The molecular formula is C28H28BrN3O4S. The number of hydrogen-bond acceptors (Lipinski definition) is 5. The summed E-state index contributed by atoms with van der Waals surface area (Å²) < 4.78 is 30.1. The van der Waals surface area contributed by atoms with E-state index in [0.717, 1.165) is 15.9 Å². The Hall–Kier alpha value is -2.85. The molecule has 2 aliphatic heterocycles. The first-order valence-electron chi connectivity index (χ1n) is 12.3. The average Bonchev–Trinajstić information content (AvgIpc) is 3.19.